The van der Waals surface area contributed by atoms with E-state index >= 15 is 0 Å². The monoisotopic (exact) mass is 373 g/mol. The number of phenols is 1. The summed E-state index contributed by atoms with van der Waals surface area (Å²) >= 11 is 5.82. The van der Waals surface area contributed by atoms with Crippen LogP contribution < -0.4 is 10.7 Å². The van der Waals surface area contributed by atoms with Crippen LogP contribution in [0.5, 0.6) is 5.75 Å². The van der Waals surface area contributed by atoms with E-state index in [9.17, 15) is 14.7 Å². The highest BCUT2D eigenvalue weighted by Gasteiger charge is 2.07. The number of aryl methyl sites for hydroxylation is 2. The number of hydrazone groups is 1. The highest BCUT2D eigenvalue weighted by Crippen LogP contribution is 2.19. The molecular weight excluding hydrogens is 354 g/mol. The van der Waals surface area contributed by atoms with Gasteiger partial charge in [0.25, 0.3) is 0 Å². The maximum atomic E-state index is 11.9. The summed E-state index contributed by atoms with van der Waals surface area (Å²) in [6, 6.07) is 10.1. The smallest absolute Gasteiger partial charge is 0.240 e. The molecule has 0 spiro atoms. The number of carbonyl (C=O) groups excluding carboxylic acids is 2. The third-order valence-electron chi connectivity index (χ3n) is 3.75. The fourth-order valence-electron chi connectivity index (χ4n) is 2.13. The molecule has 0 saturated heterocycles. The Balaban J connectivity index is 1.79. The van der Waals surface area contributed by atoms with E-state index < -0.39 is 5.91 Å². The molecule has 2 rings (SSSR count). The zero-order valence-electron chi connectivity index (χ0n) is 14.5. The number of anilines is 1. The van der Waals surface area contributed by atoms with E-state index in [1.807, 2.05) is 32.0 Å². The Labute approximate surface area is 156 Å². The van der Waals surface area contributed by atoms with Crippen molar-refractivity contribution in [2.24, 2.45) is 5.10 Å². The number of rotatable bonds is 6. The molecule has 0 radical (unpaired) electrons. The first-order valence-corrected chi connectivity index (χ1v) is 8.40. The lowest BCUT2D eigenvalue weighted by molar-refractivity contribution is -0.124. The first-order valence-electron chi connectivity index (χ1n) is 8.02. The average Bonchev–Trinajstić information content (AvgIpc) is 2.59. The first kappa shape index (κ1) is 19.5. The van der Waals surface area contributed by atoms with Crippen LogP contribution in [0.2, 0.25) is 5.02 Å². The summed E-state index contributed by atoms with van der Waals surface area (Å²) in [5.74, 6) is -0.655. The highest BCUT2D eigenvalue weighted by atomic mass is 35.5. The predicted molar refractivity (Wildman–Crippen MR) is 103 cm³/mol. The number of hydrogen-bond acceptors (Lipinski definition) is 4. The van der Waals surface area contributed by atoms with Crippen LogP contribution in [0, 0.1) is 13.8 Å². The van der Waals surface area contributed by atoms with E-state index in [0.29, 0.717) is 16.3 Å². The minimum Gasteiger partial charge on any atom is -0.507 e. The summed E-state index contributed by atoms with van der Waals surface area (Å²) in [6.07, 6.45) is 1.32. The maximum Gasteiger partial charge on any atom is 0.240 e. The average molecular weight is 374 g/mol. The van der Waals surface area contributed by atoms with Crippen molar-refractivity contribution in [3.8, 4) is 5.75 Å². The van der Waals surface area contributed by atoms with Gasteiger partial charge in [-0.05, 0) is 55.3 Å². The van der Waals surface area contributed by atoms with Crippen LogP contribution in [-0.4, -0.2) is 23.1 Å². The largest absolute Gasteiger partial charge is 0.507 e. The van der Waals surface area contributed by atoms with Gasteiger partial charge < -0.3 is 10.4 Å². The van der Waals surface area contributed by atoms with Crippen LogP contribution >= 0.6 is 11.6 Å². The fourth-order valence-corrected chi connectivity index (χ4v) is 2.31. The van der Waals surface area contributed by atoms with Gasteiger partial charge in [0.05, 0.1) is 6.21 Å². The molecule has 2 aromatic rings. The van der Waals surface area contributed by atoms with Crippen LogP contribution in [-0.2, 0) is 9.59 Å². The number of nitrogens with one attached hydrogen (secondary N) is 2. The Hall–Kier alpha value is -2.86. The minimum atomic E-state index is -0.405. The van der Waals surface area contributed by atoms with E-state index in [2.05, 4.69) is 15.8 Å². The Morgan fingerprint density at radius 2 is 1.81 bits per heavy atom. The van der Waals surface area contributed by atoms with E-state index in [4.69, 9.17) is 11.6 Å². The lowest BCUT2D eigenvalue weighted by Crippen LogP contribution is -2.20. The molecule has 136 valence electrons. The molecule has 0 heterocycles. The number of phenolic OH excluding ortho intramolecular Hbond substituents is 1. The van der Waals surface area contributed by atoms with Crippen LogP contribution in [0.15, 0.2) is 41.5 Å². The summed E-state index contributed by atoms with van der Waals surface area (Å²) in [5, 5.41) is 16.6. The maximum absolute atomic E-state index is 11.9. The molecule has 2 aromatic carbocycles. The van der Waals surface area contributed by atoms with Crippen molar-refractivity contribution in [1.82, 2.24) is 5.43 Å². The molecule has 0 saturated carbocycles. The van der Waals surface area contributed by atoms with E-state index in [0.717, 1.165) is 11.1 Å². The molecule has 0 atom stereocenters. The standard InChI is InChI=1S/C19H20ClN3O3/c1-12-3-5-16(9-13(12)2)22-18(25)7-8-19(26)23-21-11-14-10-15(20)4-6-17(14)24/h3-6,9-11,24H,7-8H2,1-2H3,(H,22,25)(H,23,26)/b21-11+. The van der Waals surface area contributed by atoms with Crippen molar-refractivity contribution >= 4 is 35.3 Å². The van der Waals surface area contributed by atoms with Crippen molar-refractivity contribution in [2.75, 3.05) is 5.32 Å². The van der Waals surface area contributed by atoms with Crippen LogP contribution in [0.4, 0.5) is 5.69 Å². The summed E-state index contributed by atoms with van der Waals surface area (Å²) in [6.45, 7) is 3.96. The lowest BCUT2D eigenvalue weighted by Gasteiger charge is -2.07. The Kier molecular flexibility index (Phi) is 6.74. The van der Waals surface area contributed by atoms with E-state index in [1.54, 1.807) is 6.07 Å². The summed E-state index contributed by atoms with van der Waals surface area (Å²) in [7, 11) is 0. The molecule has 3 N–H and O–H groups in total. The van der Waals surface area contributed by atoms with Crippen molar-refractivity contribution in [1.29, 1.82) is 0 Å². The third kappa shape index (κ3) is 5.89. The number of amides is 2. The lowest BCUT2D eigenvalue weighted by atomic mass is 10.1. The third-order valence-corrected chi connectivity index (χ3v) is 3.99. The fraction of sp³-hybridized carbons (Fsp3) is 0.211. The molecule has 26 heavy (non-hydrogen) atoms. The molecule has 2 amide bonds. The SMILES string of the molecule is Cc1ccc(NC(=O)CCC(=O)N/N=C/c2cc(Cl)ccc2O)cc1C. The van der Waals surface area contributed by atoms with Crippen LogP contribution in [0.1, 0.15) is 29.5 Å². The molecule has 0 bridgehead atoms. The van der Waals surface area contributed by atoms with Gasteiger partial charge in [-0.25, -0.2) is 5.43 Å². The number of aromatic hydroxyl groups is 1. The number of benzene rings is 2. The summed E-state index contributed by atoms with van der Waals surface area (Å²) in [5.41, 5.74) is 5.62. The van der Waals surface area contributed by atoms with Gasteiger partial charge in [0.15, 0.2) is 0 Å². The van der Waals surface area contributed by atoms with Crippen molar-refractivity contribution in [2.45, 2.75) is 26.7 Å². The van der Waals surface area contributed by atoms with Gasteiger partial charge in [0.2, 0.25) is 11.8 Å². The normalized spacial score (nSPS) is 10.7. The van der Waals surface area contributed by atoms with Gasteiger partial charge >= 0.3 is 0 Å². The molecule has 6 nitrogen and oxygen atoms in total. The number of hydrogen-bond donors (Lipinski definition) is 3. The molecular formula is C19H20ClN3O3. The zero-order valence-corrected chi connectivity index (χ0v) is 15.3. The Morgan fingerprint density at radius 3 is 2.54 bits per heavy atom. The molecule has 7 heteroatoms. The van der Waals surface area contributed by atoms with Gasteiger partial charge in [0, 0.05) is 29.1 Å². The van der Waals surface area contributed by atoms with Gasteiger partial charge in [-0.3, -0.25) is 9.59 Å². The van der Waals surface area contributed by atoms with E-state index in [-0.39, 0.29) is 24.5 Å². The topological polar surface area (TPSA) is 90.8 Å². The molecule has 0 aliphatic rings. The van der Waals surface area contributed by atoms with E-state index in [1.165, 1.54) is 18.3 Å². The second kappa shape index (κ2) is 9.01. The number of nitrogens with zero attached hydrogens (tertiary/aromatic N) is 1. The molecule has 0 fully saturated rings. The second-order valence-electron chi connectivity index (χ2n) is 5.84. The zero-order chi connectivity index (χ0) is 19.1. The minimum absolute atomic E-state index is 0.000156. The predicted octanol–water partition coefficient (Wildman–Crippen LogP) is 3.53. The summed E-state index contributed by atoms with van der Waals surface area (Å²) < 4.78 is 0. The molecule has 0 unspecified atom stereocenters. The van der Waals surface area contributed by atoms with Gasteiger partial charge in [0.1, 0.15) is 5.75 Å². The van der Waals surface area contributed by atoms with Crippen molar-refractivity contribution in [3.05, 3.63) is 58.1 Å². The molecule has 0 aliphatic heterocycles. The van der Waals surface area contributed by atoms with Gasteiger partial charge in [-0.2, -0.15) is 5.10 Å². The van der Waals surface area contributed by atoms with Crippen LogP contribution in [0.3, 0.4) is 0 Å². The van der Waals surface area contributed by atoms with Crippen molar-refractivity contribution in [3.63, 3.8) is 0 Å². The van der Waals surface area contributed by atoms with Gasteiger partial charge in [-0.15, -0.1) is 0 Å². The van der Waals surface area contributed by atoms with Crippen LogP contribution in [0.25, 0.3) is 0 Å². The Bertz CT molecular complexity index is 850. The van der Waals surface area contributed by atoms with Gasteiger partial charge in [-0.1, -0.05) is 17.7 Å². The summed E-state index contributed by atoms with van der Waals surface area (Å²) in [4.78, 5) is 23.7. The Morgan fingerprint density at radius 1 is 1.08 bits per heavy atom. The van der Waals surface area contributed by atoms with Crippen molar-refractivity contribution < 1.29 is 14.7 Å². The number of halogens is 1. The molecule has 0 aliphatic carbocycles. The second-order valence-corrected chi connectivity index (χ2v) is 6.28. The highest BCUT2D eigenvalue weighted by molar-refractivity contribution is 6.30. The first-order chi connectivity index (χ1) is 12.3. The number of carbonyl (C=O) groups is 2. The quantitative estimate of drug-likeness (QED) is 0.534. The molecule has 0 aromatic heterocycles.